The summed E-state index contributed by atoms with van der Waals surface area (Å²) >= 11 is 11.9. The van der Waals surface area contributed by atoms with E-state index in [-0.39, 0.29) is 0 Å². The molecule has 0 heterocycles. The molecule has 5 heteroatoms. The van der Waals surface area contributed by atoms with Gasteiger partial charge in [0.25, 0.3) is 0 Å². The third kappa shape index (κ3) is 7.21. The van der Waals surface area contributed by atoms with Crippen molar-refractivity contribution in [2.24, 2.45) is 5.92 Å². The van der Waals surface area contributed by atoms with Crippen molar-refractivity contribution in [3.05, 3.63) is 28.2 Å². The van der Waals surface area contributed by atoms with Crippen molar-refractivity contribution in [3.8, 4) is 5.75 Å². The molecule has 0 fully saturated rings. The molecule has 0 radical (unpaired) electrons. The fourth-order valence-corrected chi connectivity index (χ4v) is 3.60. The fraction of sp³-hybridized carbons (Fsp3) is 0.571. The highest BCUT2D eigenvalue weighted by Gasteiger charge is 2.26. The second kappa shape index (κ2) is 7.53. The number of benzene rings is 1. The van der Waals surface area contributed by atoms with Gasteiger partial charge in [0.1, 0.15) is 5.75 Å². The average Bonchev–Trinajstić information content (AvgIpc) is 2.22. The van der Waals surface area contributed by atoms with Crippen molar-refractivity contribution in [1.29, 1.82) is 0 Å². The summed E-state index contributed by atoms with van der Waals surface area (Å²) < 4.78 is 11.8. The highest BCUT2D eigenvalue weighted by Crippen LogP contribution is 2.26. The maximum Gasteiger partial charge on any atom is 0.392 e. The molecular formula is C14H22Cl2O2Si. The molecule has 108 valence electrons. The van der Waals surface area contributed by atoms with E-state index >= 15 is 0 Å². The van der Waals surface area contributed by atoms with Crippen molar-refractivity contribution in [2.75, 3.05) is 6.61 Å². The van der Waals surface area contributed by atoms with Crippen molar-refractivity contribution in [3.63, 3.8) is 0 Å². The van der Waals surface area contributed by atoms with Crippen LogP contribution >= 0.6 is 23.2 Å². The van der Waals surface area contributed by atoms with Gasteiger partial charge in [-0.2, -0.15) is 0 Å². The predicted octanol–water partition coefficient (Wildman–Crippen LogP) is 5.53. The van der Waals surface area contributed by atoms with Crippen LogP contribution in [0.4, 0.5) is 0 Å². The van der Waals surface area contributed by atoms with Gasteiger partial charge in [0.05, 0.1) is 0 Å². The van der Waals surface area contributed by atoms with Crippen molar-refractivity contribution < 1.29 is 8.85 Å². The van der Waals surface area contributed by atoms with Crippen LogP contribution < -0.4 is 4.43 Å². The summed E-state index contributed by atoms with van der Waals surface area (Å²) in [5.74, 6) is 1.39. The second-order valence-electron chi connectivity index (χ2n) is 5.49. The Kier molecular flexibility index (Phi) is 6.67. The summed E-state index contributed by atoms with van der Waals surface area (Å²) in [5.41, 5.74) is 0. The number of hydrogen-bond donors (Lipinski definition) is 0. The Bertz CT molecular complexity index is 388. The lowest BCUT2D eigenvalue weighted by Gasteiger charge is -2.24. The molecular weight excluding hydrogens is 299 g/mol. The van der Waals surface area contributed by atoms with Crippen LogP contribution in [0.3, 0.4) is 0 Å². The van der Waals surface area contributed by atoms with E-state index in [2.05, 4.69) is 13.8 Å². The number of halogens is 2. The van der Waals surface area contributed by atoms with Gasteiger partial charge in [0, 0.05) is 16.7 Å². The maximum absolute atomic E-state index is 5.95. The Hall–Kier alpha value is -0.223. The van der Waals surface area contributed by atoms with Crippen molar-refractivity contribution >= 4 is 31.8 Å². The van der Waals surface area contributed by atoms with Gasteiger partial charge in [-0.15, -0.1) is 0 Å². The quantitative estimate of drug-likeness (QED) is 0.486. The summed E-state index contributed by atoms with van der Waals surface area (Å²) in [6, 6.07) is 5.22. The smallest absolute Gasteiger partial charge is 0.392 e. The lowest BCUT2D eigenvalue weighted by Crippen LogP contribution is -2.38. The van der Waals surface area contributed by atoms with Crippen LogP contribution in [-0.4, -0.2) is 15.2 Å². The lowest BCUT2D eigenvalue weighted by molar-refractivity contribution is 0.237. The van der Waals surface area contributed by atoms with E-state index in [9.17, 15) is 0 Å². The van der Waals surface area contributed by atoms with Crippen LogP contribution in [0.15, 0.2) is 18.2 Å². The van der Waals surface area contributed by atoms with Crippen LogP contribution in [-0.2, 0) is 4.43 Å². The molecule has 0 spiro atoms. The zero-order valence-electron chi connectivity index (χ0n) is 12.0. The molecule has 0 N–H and O–H groups in total. The Morgan fingerprint density at radius 3 is 2.21 bits per heavy atom. The normalized spacial score (nSPS) is 11.9. The van der Waals surface area contributed by atoms with E-state index in [1.165, 1.54) is 6.42 Å². The van der Waals surface area contributed by atoms with Gasteiger partial charge in [-0.05, 0) is 50.1 Å². The molecule has 0 aromatic heterocycles. The van der Waals surface area contributed by atoms with Gasteiger partial charge in [-0.25, -0.2) is 0 Å². The lowest BCUT2D eigenvalue weighted by atomic mass is 10.1. The Morgan fingerprint density at radius 2 is 1.68 bits per heavy atom. The molecule has 0 saturated carbocycles. The molecule has 0 amide bonds. The Labute approximate surface area is 127 Å². The van der Waals surface area contributed by atoms with Gasteiger partial charge < -0.3 is 8.85 Å². The molecule has 0 aliphatic rings. The van der Waals surface area contributed by atoms with Crippen molar-refractivity contribution in [1.82, 2.24) is 0 Å². The monoisotopic (exact) mass is 320 g/mol. The van der Waals surface area contributed by atoms with Crippen LogP contribution in [0.25, 0.3) is 0 Å². The molecule has 1 rings (SSSR count). The van der Waals surface area contributed by atoms with Crippen LogP contribution in [0.5, 0.6) is 5.75 Å². The molecule has 0 bridgehead atoms. The van der Waals surface area contributed by atoms with E-state index in [1.54, 1.807) is 18.2 Å². The predicted molar refractivity (Wildman–Crippen MR) is 84.6 cm³/mol. The standard InChI is InChI=1S/C14H22Cl2O2Si/c1-11(2)6-5-7-17-19(3,4)18-14-9-12(15)8-13(16)10-14/h8-11H,5-7H2,1-4H3. The average molecular weight is 321 g/mol. The van der Waals surface area contributed by atoms with E-state index in [0.717, 1.165) is 13.0 Å². The molecule has 2 nitrogen and oxygen atoms in total. The largest absolute Gasteiger partial charge is 0.520 e. The van der Waals surface area contributed by atoms with E-state index in [1.807, 2.05) is 13.1 Å². The summed E-state index contributed by atoms with van der Waals surface area (Å²) in [6.07, 6.45) is 2.24. The topological polar surface area (TPSA) is 18.5 Å². The third-order valence-corrected chi connectivity index (χ3v) is 4.64. The van der Waals surface area contributed by atoms with Gasteiger partial charge in [0.15, 0.2) is 0 Å². The molecule has 0 atom stereocenters. The zero-order chi connectivity index (χ0) is 14.5. The molecule has 19 heavy (non-hydrogen) atoms. The minimum absolute atomic E-state index is 0.576. The van der Waals surface area contributed by atoms with Crippen LogP contribution in [0.1, 0.15) is 26.7 Å². The Balaban J connectivity index is 2.49. The first kappa shape index (κ1) is 16.8. The minimum atomic E-state index is -2.18. The van der Waals surface area contributed by atoms with E-state index < -0.39 is 8.56 Å². The van der Waals surface area contributed by atoms with E-state index in [4.69, 9.17) is 32.1 Å². The first-order valence-corrected chi connectivity index (χ1v) is 10.1. The third-order valence-electron chi connectivity index (χ3n) is 2.58. The summed E-state index contributed by atoms with van der Waals surface area (Å²) in [4.78, 5) is 0. The van der Waals surface area contributed by atoms with E-state index in [0.29, 0.717) is 21.7 Å². The first-order chi connectivity index (χ1) is 8.78. The second-order valence-corrected chi connectivity index (χ2v) is 9.66. The molecule has 0 aliphatic carbocycles. The molecule has 0 saturated heterocycles. The van der Waals surface area contributed by atoms with Gasteiger partial charge in [-0.1, -0.05) is 37.0 Å². The maximum atomic E-state index is 5.95. The number of hydrogen-bond acceptors (Lipinski definition) is 2. The van der Waals surface area contributed by atoms with Crippen LogP contribution in [0, 0.1) is 5.92 Å². The molecule has 1 aromatic rings. The van der Waals surface area contributed by atoms with Crippen LogP contribution in [0.2, 0.25) is 23.1 Å². The number of rotatable bonds is 7. The molecule has 0 unspecified atom stereocenters. The van der Waals surface area contributed by atoms with Gasteiger partial charge in [0.2, 0.25) is 0 Å². The van der Waals surface area contributed by atoms with Gasteiger partial charge in [-0.3, -0.25) is 0 Å². The summed E-state index contributed by atoms with van der Waals surface area (Å²) in [5, 5.41) is 1.15. The highest BCUT2D eigenvalue weighted by molar-refractivity contribution is 6.65. The fourth-order valence-electron chi connectivity index (χ4n) is 1.71. The SMILES string of the molecule is CC(C)CCCO[Si](C)(C)Oc1cc(Cl)cc(Cl)c1. The summed E-state index contributed by atoms with van der Waals surface area (Å²) in [7, 11) is -2.18. The highest BCUT2D eigenvalue weighted by atomic mass is 35.5. The van der Waals surface area contributed by atoms with Gasteiger partial charge >= 0.3 is 8.56 Å². The molecule has 1 aromatic carbocycles. The molecule has 0 aliphatic heterocycles. The minimum Gasteiger partial charge on any atom is -0.520 e. The summed E-state index contributed by atoms with van der Waals surface area (Å²) in [6.45, 7) is 9.22. The first-order valence-electron chi connectivity index (χ1n) is 6.57. The Morgan fingerprint density at radius 1 is 1.11 bits per heavy atom. The van der Waals surface area contributed by atoms with Crippen molar-refractivity contribution in [2.45, 2.75) is 39.8 Å². The zero-order valence-corrected chi connectivity index (χ0v) is 14.5.